The van der Waals surface area contributed by atoms with Crippen LogP contribution in [0.3, 0.4) is 0 Å². The highest BCUT2D eigenvalue weighted by molar-refractivity contribution is 5.77. The van der Waals surface area contributed by atoms with Crippen molar-refractivity contribution in [3.63, 3.8) is 0 Å². The maximum absolute atomic E-state index is 11.9. The largest absolute Gasteiger partial charge is 0.361 e. The van der Waals surface area contributed by atoms with E-state index in [9.17, 15) is 4.79 Å². The first-order valence-electron chi connectivity index (χ1n) is 8.13. The van der Waals surface area contributed by atoms with Gasteiger partial charge in [0.25, 0.3) is 0 Å². The van der Waals surface area contributed by atoms with Gasteiger partial charge in [-0.1, -0.05) is 18.0 Å². The lowest BCUT2D eigenvalue weighted by atomic mass is 10.1. The Bertz CT molecular complexity index is 480. The summed E-state index contributed by atoms with van der Waals surface area (Å²) in [5.74, 6) is 1.28. The number of nitrogens with zero attached hydrogens (tertiary/aromatic N) is 2. The fraction of sp³-hybridized carbons (Fsp3) is 0.750. The van der Waals surface area contributed by atoms with Gasteiger partial charge >= 0.3 is 0 Å². The summed E-state index contributed by atoms with van der Waals surface area (Å²) in [7, 11) is 0. The van der Waals surface area contributed by atoms with Crippen LogP contribution in [0.1, 0.15) is 43.6 Å². The van der Waals surface area contributed by atoms with E-state index in [1.165, 1.54) is 38.6 Å². The highest BCUT2D eigenvalue weighted by Gasteiger charge is 2.29. The number of carbonyl (C=O) groups excluding carboxylic acids is 1. The predicted octanol–water partition coefficient (Wildman–Crippen LogP) is 1.91. The quantitative estimate of drug-likeness (QED) is 0.900. The van der Waals surface area contributed by atoms with Crippen LogP contribution in [0.5, 0.6) is 0 Å². The molecule has 1 aromatic heterocycles. The smallest absolute Gasteiger partial charge is 0.227 e. The number of amides is 1. The molecule has 0 aromatic carbocycles. The summed E-state index contributed by atoms with van der Waals surface area (Å²) >= 11 is 0. The Balaban J connectivity index is 1.38. The van der Waals surface area contributed by atoms with Gasteiger partial charge in [0.05, 0.1) is 12.1 Å². The van der Waals surface area contributed by atoms with Crippen LogP contribution in [0.15, 0.2) is 10.6 Å². The molecule has 1 aromatic rings. The second-order valence-electron chi connectivity index (χ2n) is 6.50. The minimum atomic E-state index is 0.0328. The highest BCUT2D eigenvalue weighted by atomic mass is 16.5. The Morgan fingerprint density at radius 3 is 2.95 bits per heavy atom. The number of aromatic nitrogens is 1. The van der Waals surface area contributed by atoms with Crippen LogP contribution in [0.2, 0.25) is 0 Å². The van der Waals surface area contributed by atoms with E-state index in [2.05, 4.69) is 15.4 Å². The lowest BCUT2D eigenvalue weighted by molar-refractivity contribution is -0.120. The van der Waals surface area contributed by atoms with Crippen LogP contribution in [-0.4, -0.2) is 41.6 Å². The van der Waals surface area contributed by atoms with Crippen LogP contribution < -0.4 is 5.32 Å². The van der Waals surface area contributed by atoms with E-state index in [0.717, 1.165) is 24.8 Å². The molecule has 1 saturated carbocycles. The number of likely N-dealkylation sites (tertiary alicyclic amines) is 1. The predicted molar refractivity (Wildman–Crippen MR) is 79.9 cm³/mol. The summed E-state index contributed by atoms with van der Waals surface area (Å²) in [4.78, 5) is 14.5. The van der Waals surface area contributed by atoms with E-state index < -0.39 is 0 Å². The van der Waals surface area contributed by atoms with Gasteiger partial charge in [-0.15, -0.1) is 0 Å². The van der Waals surface area contributed by atoms with E-state index in [4.69, 9.17) is 4.52 Å². The second kappa shape index (κ2) is 6.60. The van der Waals surface area contributed by atoms with E-state index in [1.807, 2.05) is 13.0 Å². The molecule has 3 rings (SSSR count). The van der Waals surface area contributed by atoms with Crippen LogP contribution in [0.25, 0.3) is 0 Å². The molecule has 1 N–H and O–H groups in total. The molecule has 21 heavy (non-hydrogen) atoms. The van der Waals surface area contributed by atoms with Gasteiger partial charge in [0.15, 0.2) is 0 Å². The molecule has 2 heterocycles. The number of hydrogen-bond donors (Lipinski definition) is 1. The Labute approximate surface area is 126 Å². The normalized spacial score (nSPS) is 23.8. The molecule has 1 aliphatic carbocycles. The number of hydrogen-bond acceptors (Lipinski definition) is 4. The van der Waals surface area contributed by atoms with Crippen molar-refractivity contribution in [2.75, 3.05) is 19.6 Å². The molecule has 0 radical (unpaired) electrons. The number of rotatable bonds is 5. The minimum absolute atomic E-state index is 0.0328. The summed E-state index contributed by atoms with van der Waals surface area (Å²) in [6.07, 6.45) is 7.00. The maximum atomic E-state index is 11.9. The van der Waals surface area contributed by atoms with Crippen molar-refractivity contribution in [3.05, 3.63) is 17.5 Å². The lowest BCUT2D eigenvalue weighted by Crippen LogP contribution is -2.34. The third-order valence-corrected chi connectivity index (χ3v) is 4.76. The van der Waals surface area contributed by atoms with Crippen LogP contribution >= 0.6 is 0 Å². The zero-order valence-electron chi connectivity index (χ0n) is 12.8. The lowest BCUT2D eigenvalue weighted by Gasteiger charge is -2.23. The molecule has 116 valence electrons. The van der Waals surface area contributed by atoms with Gasteiger partial charge in [0.1, 0.15) is 5.76 Å². The molecular formula is C16H25N3O2. The fourth-order valence-electron chi connectivity index (χ4n) is 3.61. The number of carbonyl (C=O) groups is 1. The van der Waals surface area contributed by atoms with Crippen molar-refractivity contribution in [1.82, 2.24) is 15.4 Å². The van der Waals surface area contributed by atoms with Gasteiger partial charge in [-0.25, -0.2) is 0 Å². The van der Waals surface area contributed by atoms with Crippen molar-refractivity contribution < 1.29 is 9.32 Å². The molecular weight excluding hydrogens is 266 g/mol. The third kappa shape index (κ3) is 3.84. The molecule has 1 atom stereocenters. The van der Waals surface area contributed by atoms with E-state index in [0.29, 0.717) is 18.1 Å². The Kier molecular flexibility index (Phi) is 4.58. The molecule has 0 unspecified atom stereocenters. The Morgan fingerprint density at radius 1 is 1.43 bits per heavy atom. The number of nitrogens with one attached hydrogen (secondary N) is 1. The van der Waals surface area contributed by atoms with Crippen molar-refractivity contribution in [2.24, 2.45) is 5.92 Å². The topological polar surface area (TPSA) is 58.4 Å². The van der Waals surface area contributed by atoms with Gasteiger partial charge in [-0.2, -0.15) is 0 Å². The average molecular weight is 291 g/mol. The van der Waals surface area contributed by atoms with Crippen LogP contribution in [0.4, 0.5) is 0 Å². The zero-order valence-corrected chi connectivity index (χ0v) is 12.8. The van der Waals surface area contributed by atoms with Crippen LogP contribution in [-0.2, 0) is 11.2 Å². The first-order chi connectivity index (χ1) is 10.2. The first kappa shape index (κ1) is 14.6. The summed E-state index contributed by atoms with van der Waals surface area (Å²) < 4.78 is 5.07. The maximum Gasteiger partial charge on any atom is 0.227 e. The molecule has 1 aliphatic heterocycles. The van der Waals surface area contributed by atoms with Crippen LogP contribution in [0, 0.1) is 12.8 Å². The standard InChI is InChI=1S/C16H25N3O2/c1-12-8-15(21-18-12)9-16(20)17-10-13-6-7-19(11-13)14-4-2-3-5-14/h8,13-14H,2-7,9-11H2,1H3,(H,17,20)/t13-/m0/s1. The van der Waals surface area contributed by atoms with Gasteiger partial charge < -0.3 is 14.7 Å². The third-order valence-electron chi connectivity index (χ3n) is 4.76. The van der Waals surface area contributed by atoms with Crippen molar-refractivity contribution in [2.45, 2.75) is 51.5 Å². The van der Waals surface area contributed by atoms with Crippen molar-refractivity contribution in [1.29, 1.82) is 0 Å². The molecule has 1 saturated heterocycles. The monoisotopic (exact) mass is 291 g/mol. The van der Waals surface area contributed by atoms with Gasteiger partial charge in [0, 0.05) is 25.2 Å². The molecule has 2 fully saturated rings. The van der Waals surface area contributed by atoms with Gasteiger partial charge in [-0.05, 0) is 38.6 Å². The zero-order chi connectivity index (χ0) is 14.7. The Hall–Kier alpha value is -1.36. The molecule has 1 amide bonds. The minimum Gasteiger partial charge on any atom is -0.361 e. The van der Waals surface area contributed by atoms with E-state index in [1.54, 1.807) is 0 Å². The molecule has 5 heteroatoms. The SMILES string of the molecule is Cc1cc(CC(=O)NC[C@@H]2CCN(C3CCCC3)C2)on1. The molecule has 0 spiro atoms. The summed E-state index contributed by atoms with van der Waals surface area (Å²) in [6, 6.07) is 2.62. The number of aryl methyl sites for hydroxylation is 1. The molecule has 2 aliphatic rings. The van der Waals surface area contributed by atoms with Gasteiger partial charge in [0.2, 0.25) is 5.91 Å². The fourth-order valence-corrected chi connectivity index (χ4v) is 3.61. The van der Waals surface area contributed by atoms with Gasteiger partial charge in [-0.3, -0.25) is 4.79 Å². The Morgan fingerprint density at radius 2 is 2.24 bits per heavy atom. The van der Waals surface area contributed by atoms with Crippen molar-refractivity contribution in [3.8, 4) is 0 Å². The van der Waals surface area contributed by atoms with Crippen molar-refractivity contribution >= 4 is 5.91 Å². The summed E-state index contributed by atoms with van der Waals surface area (Å²) in [5, 5.41) is 6.84. The van der Waals surface area contributed by atoms with E-state index in [-0.39, 0.29) is 5.91 Å². The molecule has 5 nitrogen and oxygen atoms in total. The van der Waals surface area contributed by atoms with E-state index >= 15 is 0 Å². The first-order valence-corrected chi connectivity index (χ1v) is 8.13. The molecule has 0 bridgehead atoms. The summed E-state index contributed by atoms with van der Waals surface area (Å²) in [6.45, 7) is 5.00. The second-order valence-corrected chi connectivity index (χ2v) is 6.50. The average Bonchev–Trinajstić information content (AvgIpc) is 3.17. The highest BCUT2D eigenvalue weighted by Crippen LogP contribution is 2.28. The summed E-state index contributed by atoms with van der Waals surface area (Å²) in [5.41, 5.74) is 0.820.